The van der Waals surface area contributed by atoms with E-state index in [-0.39, 0.29) is 11.4 Å². The highest BCUT2D eigenvalue weighted by Crippen LogP contribution is 2.29. The van der Waals surface area contributed by atoms with Crippen LogP contribution in [-0.2, 0) is 11.2 Å². The number of hydrogen-bond acceptors (Lipinski definition) is 2. The van der Waals surface area contributed by atoms with Crippen molar-refractivity contribution >= 4 is 33.2 Å². The number of anilines is 1. The third-order valence-electron chi connectivity index (χ3n) is 3.80. The summed E-state index contributed by atoms with van der Waals surface area (Å²) in [6, 6.07) is 15.8. The van der Waals surface area contributed by atoms with E-state index in [9.17, 15) is 4.79 Å². The number of hydrogen-bond donors (Lipinski definition) is 2. The smallest absolute Gasteiger partial charge is 0.250 e. The monoisotopic (exact) mass is 370 g/mol. The summed E-state index contributed by atoms with van der Waals surface area (Å²) in [5.74, 6) is -0.137. The third-order valence-corrected chi connectivity index (χ3v) is 4.33. The van der Waals surface area contributed by atoms with Crippen molar-refractivity contribution < 1.29 is 4.79 Å². The molecule has 0 atom stereocenters. The van der Waals surface area contributed by atoms with Crippen LogP contribution in [0.2, 0.25) is 0 Å². The molecule has 0 saturated heterocycles. The first-order valence-corrected chi connectivity index (χ1v) is 8.37. The van der Waals surface area contributed by atoms with Gasteiger partial charge in [-0.25, -0.2) is 0 Å². The maximum absolute atomic E-state index is 12.3. The summed E-state index contributed by atoms with van der Waals surface area (Å²) in [7, 11) is 0. The minimum absolute atomic E-state index is 0.0714. The van der Waals surface area contributed by atoms with Crippen LogP contribution >= 0.6 is 15.9 Å². The van der Waals surface area contributed by atoms with Gasteiger partial charge >= 0.3 is 0 Å². The first-order valence-electron chi connectivity index (χ1n) is 7.58. The van der Waals surface area contributed by atoms with E-state index in [2.05, 4.69) is 52.5 Å². The second-order valence-electron chi connectivity index (χ2n) is 6.40. The molecule has 1 heterocycles. The van der Waals surface area contributed by atoms with Gasteiger partial charge in [0.25, 0.3) is 0 Å². The van der Waals surface area contributed by atoms with E-state index in [1.807, 2.05) is 36.4 Å². The number of halogens is 1. The van der Waals surface area contributed by atoms with Gasteiger partial charge in [0.2, 0.25) is 5.91 Å². The molecule has 0 unspecified atom stereocenters. The van der Waals surface area contributed by atoms with E-state index in [4.69, 9.17) is 0 Å². The largest absolute Gasteiger partial charge is 0.379 e. The second-order valence-corrected chi connectivity index (χ2v) is 7.31. The van der Waals surface area contributed by atoms with Gasteiger partial charge in [-0.2, -0.15) is 0 Å². The van der Waals surface area contributed by atoms with Gasteiger partial charge in [-0.05, 0) is 50.1 Å². The molecular formula is C19H19BrN2O. The van der Waals surface area contributed by atoms with E-state index in [0.29, 0.717) is 0 Å². The Morgan fingerprint density at radius 1 is 1.17 bits per heavy atom. The average Bonchev–Trinajstić information content (AvgIpc) is 2.48. The molecule has 2 aromatic rings. The van der Waals surface area contributed by atoms with Crippen LogP contribution in [0, 0.1) is 0 Å². The first kappa shape index (κ1) is 15.8. The van der Waals surface area contributed by atoms with Gasteiger partial charge in [0.15, 0.2) is 0 Å². The number of amides is 1. The molecule has 0 aromatic heterocycles. The van der Waals surface area contributed by atoms with Crippen molar-refractivity contribution in [2.24, 2.45) is 0 Å². The van der Waals surface area contributed by atoms with Gasteiger partial charge in [-0.15, -0.1) is 0 Å². The van der Waals surface area contributed by atoms with Crippen molar-refractivity contribution in [1.29, 1.82) is 0 Å². The Morgan fingerprint density at radius 2 is 1.87 bits per heavy atom. The van der Waals surface area contributed by atoms with Crippen molar-refractivity contribution in [3.8, 4) is 0 Å². The molecule has 1 amide bonds. The van der Waals surface area contributed by atoms with Crippen molar-refractivity contribution in [3.05, 3.63) is 70.2 Å². The fourth-order valence-corrected chi connectivity index (χ4v) is 3.11. The maximum Gasteiger partial charge on any atom is 0.250 e. The quantitative estimate of drug-likeness (QED) is 0.771. The summed E-state index contributed by atoms with van der Waals surface area (Å²) >= 11 is 3.39. The lowest BCUT2D eigenvalue weighted by Crippen LogP contribution is -2.44. The number of carbonyl (C=O) groups is 1. The van der Waals surface area contributed by atoms with Crippen molar-refractivity contribution in [2.75, 3.05) is 5.32 Å². The summed E-state index contributed by atoms with van der Waals surface area (Å²) in [5, 5.41) is 6.37. The van der Waals surface area contributed by atoms with Crippen LogP contribution in [0.15, 0.2) is 59.1 Å². The molecule has 0 bridgehead atoms. The van der Waals surface area contributed by atoms with Crippen molar-refractivity contribution in [3.63, 3.8) is 0 Å². The highest BCUT2D eigenvalue weighted by molar-refractivity contribution is 9.10. The van der Waals surface area contributed by atoms with E-state index < -0.39 is 0 Å². The lowest BCUT2D eigenvalue weighted by molar-refractivity contribution is -0.111. The molecule has 4 heteroatoms. The van der Waals surface area contributed by atoms with Gasteiger partial charge < -0.3 is 10.6 Å². The first-order chi connectivity index (χ1) is 10.9. The molecule has 23 heavy (non-hydrogen) atoms. The number of fused-ring (bicyclic) bond motifs is 1. The van der Waals surface area contributed by atoms with Crippen LogP contribution in [0.25, 0.3) is 5.70 Å². The van der Waals surface area contributed by atoms with E-state index in [1.54, 1.807) is 6.08 Å². The molecule has 0 fully saturated rings. The summed E-state index contributed by atoms with van der Waals surface area (Å²) in [6.07, 6.45) is 2.58. The number of benzene rings is 2. The molecule has 3 nitrogen and oxygen atoms in total. The van der Waals surface area contributed by atoms with E-state index >= 15 is 0 Å². The third kappa shape index (κ3) is 3.82. The number of carbonyl (C=O) groups excluding carboxylic acids is 1. The molecule has 2 aromatic carbocycles. The van der Waals surface area contributed by atoms with Gasteiger partial charge in [0.1, 0.15) is 0 Å². The Hall–Kier alpha value is -2.07. The molecule has 1 aliphatic rings. The van der Waals surface area contributed by atoms with Gasteiger partial charge in [0.05, 0.1) is 0 Å². The standard InChI is InChI=1S/C19H19BrN2O/c1-19(2)12-13-5-3-4-6-16(13)17(22-19)11-18(23)21-15-9-7-14(20)8-10-15/h3-11,22H,12H2,1-2H3,(H,21,23)/b17-11-. The zero-order chi connectivity index (χ0) is 16.4. The fraction of sp³-hybridized carbons (Fsp3) is 0.211. The van der Waals surface area contributed by atoms with Crippen molar-refractivity contribution in [2.45, 2.75) is 25.8 Å². The molecule has 0 radical (unpaired) electrons. The summed E-state index contributed by atoms with van der Waals surface area (Å²) in [5.41, 5.74) is 3.93. The molecule has 0 spiro atoms. The Bertz CT molecular complexity index is 763. The maximum atomic E-state index is 12.3. The SMILES string of the molecule is CC1(C)Cc2ccccc2/C(=C/C(=O)Nc2ccc(Br)cc2)N1. The molecule has 0 aliphatic carbocycles. The second kappa shape index (κ2) is 6.20. The molecule has 1 aliphatic heterocycles. The van der Waals surface area contributed by atoms with Crippen LogP contribution in [0.3, 0.4) is 0 Å². The molecule has 118 valence electrons. The van der Waals surface area contributed by atoms with E-state index in [1.165, 1.54) is 5.56 Å². The van der Waals surface area contributed by atoms with Crippen LogP contribution < -0.4 is 10.6 Å². The molecular weight excluding hydrogens is 352 g/mol. The Labute approximate surface area is 144 Å². The zero-order valence-corrected chi connectivity index (χ0v) is 14.8. The predicted molar refractivity (Wildman–Crippen MR) is 98.1 cm³/mol. The lowest BCUT2D eigenvalue weighted by Gasteiger charge is -2.35. The minimum atomic E-state index is -0.137. The molecule has 0 saturated carbocycles. The Morgan fingerprint density at radius 3 is 2.61 bits per heavy atom. The highest BCUT2D eigenvalue weighted by Gasteiger charge is 2.27. The van der Waals surface area contributed by atoms with E-state index in [0.717, 1.165) is 27.8 Å². The van der Waals surface area contributed by atoms with Gasteiger partial charge in [0, 0.05) is 33.0 Å². The lowest BCUT2D eigenvalue weighted by atomic mass is 9.86. The predicted octanol–water partition coefficient (Wildman–Crippen LogP) is 4.35. The number of nitrogens with one attached hydrogen (secondary N) is 2. The summed E-state index contributed by atoms with van der Waals surface area (Å²) < 4.78 is 0.985. The number of rotatable bonds is 2. The fourth-order valence-electron chi connectivity index (χ4n) is 2.85. The van der Waals surface area contributed by atoms with Gasteiger partial charge in [-0.1, -0.05) is 40.2 Å². The van der Waals surface area contributed by atoms with Gasteiger partial charge in [-0.3, -0.25) is 4.79 Å². The van der Waals surface area contributed by atoms with Crippen molar-refractivity contribution in [1.82, 2.24) is 5.32 Å². The van der Waals surface area contributed by atoms with Crippen LogP contribution in [-0.4, -0.2) is 11.4 Å². The van der Waals surface area contributed by atoms with Crippen LogP contribution in [0.1, 0.15) is 25.0 Å². The summed E-state index contributed by atoms with van der Waals surface area (Å²) in [6.45, 7) is 4.28. The minimum Gasteiger partial charge on any atom is -0.379 e. The normalized spacial score (nSPS) is 17.3. The Kier molecular flexibility index (Phi) is 4.26. The highest BCUT2D eigenvalue weighted by atomic mass is 79.9. The zero-order valence-electron chi connectivity index (χ0n) is 13.2. The molecule has 2 N–H and O–H groups in total. The average molecular weight is 371 g/mol. The molecule has 3 rings (SSSR count). The Balaban J connectivity index is 1.86. The topological polar surface area (TPSA) is 41.1 Å². The van der Waals surface area contributed by atoms with Crippen LogP contribution in [0.5, 0.6) is 0 Å². The van der Waals surface area contributed by atoms with Crippen LogP contribution in [0.4, 0.5) is 5.69 Å². The summed E-state index contributed by atoms with van der Waals surface area (Å²) in [4.78, 5) is 12.3.